The van der Waals surface area contributed by atoms with Crippen LogP contribution in [0.1, 0.15) is 70.6 Å². The lowest BCUT2D eigenvalue weighted by molar-refractivity contribution is -0.137. The lowest BCUT2D eigenvalue weighted by Crippen LogP contribution is -2.42. The van der Waals surface area contributed by atoms with Crippen molar-refractivity contribution in [3.05, 3.63) is 12.2 Å². The third kappa shape index (κ3) is 8.57. The Morgan fingerprint density at radius 2 is 1.71 bits per heavy atom. The first kappa shape index (κ1) is 27.0. The maximum Gasteiger partial charge on any atom is 0.303 e. The maximum absolute atomic E-state index is 12.3. The van der Waals surface area contributed by atoms with Crippen LogP contribution in [0, 0.1) is 17.8 Å². The van der Waals surface area contributed by atoms with E-state index >= 15 is 0 Å². The number of hydrogen-bond donors (Lipinski definition) is 4. The number of thioether (sulfide) groups is 1. The third-order valence-corrected chi connectivity index (χ3v) is 8.50. The van der Waals surface area contributed by atoms with Crippen molar-refractivity contribution in [2.24, 2.45) is 17.8 Å². The quantitative estimate of drug-likeness (QED) is 0.166. The van der Waals surface area contributed by atoms with Crippen LogP contribution in [0.25, 0.3) is 0 Å². The summed E-state index contributed by atoms with van der Waals surface area (Å²) in [6.07, 6.45) is 14.6. The fourth-order valence-corrected chi connectivity index (χ4v) is 6.43. The van der Waals surface area contributed by atoms with E-state index in [2.05, 4.69) is 16.7 Å². The number of carboxylic acid groups (broad SMARTS) is 1. The van der Waals surface area contributed by atoms with Crippen molar-refractivity contribution >= 4 is 29.5 Å². The number of unbranched alkanes of at least 4 members (excludes halogenated alkanes) is 1. The Bertz CT molecular complexity index is 712. The largest absolute Gasteiger partial charge is 0.481 e. The van der Waals surface area contributed by atoms with Crippen LogP contribution >= 0.6 is 11.8 Å². The van der Waals surface area contributed by atoms with Crippen LogP contribution in [0.3, 0.4) is 0 Å². The lowest BCUT2D eigenvalue weighted by atomic mass is 9.77. The van der Waals surface area contributed by atoms with Gasteiger partial charge in [-0.1, -0.05) is 31.4 Å². The Hall–Kier alpha value is -1.58. The number of amides is 2. The third-order valence-electron chi connectivity index (χ3n) is 7.35. The van der Waals surface area contributed by atoms with E-state index in [0.29, 0.717) is 18.9 Å². The Morgan fingerprint density at radius 1 is 0.971 bits per heavy atom. The molecule has 3 fully saturated rings. The predicted octanol–water partition coefficient (Wildman–Crippen LogP) is 2.85. The number of nitrogens with one attached hydrogen (secondary N) is 2. The van der Waals surface area contributed by atoms with Gasteiger partial charge in [0.2, 0.25) is 11.8 Å². The van der Waals surface area contributed by atoms with Gasteiger partial charge in [-0.25, -0.2) is 0 Å². The minimum absolute atomic E-state index is 0.0608. The number of aliphatic carboxylic acids is 1. The highest BCUT2D eigenvalue weighted by molar-refractivity contribution is 8.00. The van der Waals surface area contributed by atoms with Crippen LogP contribution in [0.5, 0.6) is 0 Å². The first-order chi connectivity index (χ1) is 16.4. The van der Waals surface area contributed by atoms with E-state index in [1.165, 1.54) is 18.2 Å². The average Bonchev–Trinajstić information content (AvgIpc) is 3.44. The van der Waals surface area contributed by atoms with Gasteiger partial charge in [0.15, 0.2) is 0 Å². The molecule has 3 rings (SSSR count). The van der Waals surface area contributed by atoms with E-state index in [-0.39, 0.29) is 54.6 Å². The monoisotopic (exact) mass is 496 g/mol. The average molecular weight is 497 g/mol. The summed E-state index contributed by atoms with van der Waals surface area (Å²) in [5.41, 5.74) is -0.513. The second-order valence-corrected chi connectivity index (χ2v) is 10.9. The SMILES string of the molecule is O=C(O)CCCC=CC[C@H]1[C@@H](CNC(=O)CNC(=O)CSC(O)C2CCCCC2)[C@H]2CC[C@@H]1O2. The Morgan fingerprint density at radius 3 is 2.44 bits per heavy atom. The van der Waals surface area contributed by atoms with Crippen molar-refractivity contribution in [2.75, 3.05) is 18.8 Å². The molecule has 0 aromatic carbocycles. The first-order valence-electron chi connectivity index (χ1n) is 12.8. The second-order valence-electron chi connectivity index (χ2n) is 9.79. The molecule has 2 aliphatic heterocycles. The number of fused-ring (bicyclic) bond motifs is 2. The molecular formula is C25H40N2O6S. The zero-order valence-corrected chi connectivity index (χ0v) is 20.8. The number of allylic oxidation sites excluding steroid dienone is 2. The van der Waals surface area contributed by atoms with Gasteiger partial charge in [-0.05, 0) is 56.8 Å². The molecule has 1 aliphatic carbocycles. The molecule has 4 N–H and O–H groups in total. The summed E-state index contributed by atoms with van der Waals surface area (Å²) in [6.45, 7) is 0.470. The number of carbonyl (C=O) groups excluding carboxylic acids is 2. The molecule has 3 aliphatic rings. The number of carboxylic acids is 1. The summed E-state index contributed by atoms with van der Waals surface area (Å²) in [4.78, 5) is 35.0. The zero-order chi connectivity index (χ0) is 24.3. The molecule has 8 nitrogen and oxygen atoms in total. The Labute approximate surface area is 206 Å². The van der Waals surface area contributed by atoms with E-state index in [9.17, 15) is 19.5 Å². The van der Waals surface area contributed by atoms with Crippen molar-refractivity contribution in [1.29, 1.82) is 0 Å². The molecular weight excluding hydrogens is 456 g/mol. The number of rotatable bonds is 14. The first-order valence-corrected chi connectivity index (χ1v) is 13.8. The molecule has 1 saturated carbocycles. The fourth-order valence-electron chi connectivity index (χ4n) is 5.46. The van der Waals surface area contributed by atoms with E-state index in [0.717, 1.165) is 51.4 Å². The molecule has 9 heteroatoms. The highest BCUT2D eigenvalue weighted by atomic mass is 32.2. The molecule has 34 heavy (non-hydrogen) atoms. The van der Waals surface area contributed by atoms with Gasteiger partial charge >= 0.3 is 5.97 Å². The van der Waals surface area contributed by atoms with Crippen LogP contribution in [0.4, 0.5) is 0 Å². The summed E-state index contributed by atoms with van der Waals surface area (Å²) in [6, 6.07) is 0. The number of aliphatic hydroxyl groups is 1. The van der Waals surface area contributed by atoms with Gasteiger partial charge in [0.25, 0.3) is 0 Å². The van der Waals surface area contributed by atoms with Crippen molar-refractivity contribution in [3.8, 4) is 0 Å². The van der Waals surface area contributed by atoms with Crippen molar-refractivity contribution in [1.82, 2.24) is 10.6 Å². The number of ether oxygens (including phenoxy) is 1. The fraction of sp³-hybridized carbons (Fsp3) is 0.800. The maximum atomic E-state index is 12.3. The van der Waals surface area contributed by atoms with Crippen molar-refractivity contribution in [2.45, 2.75) is 88.3 Å². The van der Waals surface area contributed by atoms with Gasteiger partial charge in [0, 0.05) is 18.9 Å². The molecule has 192 valence electrons. The summed E-state index contributed by atoms with van der Waals surface area (Å²) in [5, 5.41) is 24.6. The molecule has 2 saturated heterocycles. The Kier molecular flexibility index (Phi) is 11.2. The number of carbonyl (C=O) groups is 3. The van der Waals surface area contributed by atoms with Crippen molar-refractivity contribution in [3.63, 3.8) is 0 Å². The number of aliphatic hydroxyl groups excluding tert-OH is 1. The molecule has 0 aromatic heterocycles. The van der Waals surface area contributed by atoms with Gasteiger partial charge in [0.1, 0.15) is 5.44 Å². The molecule has 0 spiro atoms. The van der Waals surface area contributed by atoms with Crippen LogP contribution in [-0.4, -0.2) is 64.5 Å². The van der Waals surface area contributed by atoms with E-state index in [4.69, 9.17) is 9.84 Å². The molecule has 0 aromatic rings. The molecule has 1 unspecified atom stereocenters. The van der Waals surface area contributed by atoms with E-state index in [1.807, 2.05) is 6.08 Å². The summed E-state index contributed by atoms with van der Waals surface area (Å²) < 4.78 is 6.08. The van der Waals surface area contributed by atoms with Gasteiger partial charge in [-0.3, -0.25) is 14.4 Å². The van der Waals surface area contributed by atoms with Crippen molar-refractivity contribution < 1.29 is 29.3 Å². The van der Waals surface area contributed by atoms with Crippen LogP contribution in [-0.2, 0) is 19.1 Å². The minimum Gasteiger partial charge on any atom is -0.481 e. The predicted molar refractivity (Wildman–Crippen MR) is 131 cm³/mol. The highest BCUT2D eigenvalue weighted by Gasteiger charge is 2.47. The topological polar surface area (TPSA) is 125 Å². The van der Waals surface area contributed by atoms with Gasteiger partial charge in [-0.2, -0.15) is 0 Å². The second kappa shape index (κ2) is 14.1. The standard InChI is InChI=1S/C25H40N2O6S/c28-22(15-27-23(29)16-34-25(32)17-8-4-3-5-9-17)26-14-19-18(20-12-13-21(19)33-20)10-6-1-2-7-11-24(30)31/h1,6,17-21,25,32H,2-5,7-16H2,(H,26,28)(H,27,29)(H,30,31)/t18-,19+,20-,21+,25?/m0/s1. The van der Waals surface area contributed by atoms with E-state index in [1.54, 1.807) is 0 Å². The normalized spacial score (nSPS) is 27.7. The Balaban J connectivity index is 1.31. The van der Waals surface area contributed by atoms with Gasteiger partial charge in [0.05, 0.1) is 24.5 Å². The molecule has 0 radical (unpaired) electrons. The van der Waals surface area contributed by atoms with Crippen LogP contribution in [0.2, 0.25) is 0 Å². The number of hydrogen-bond acceptors (Lipinski definition) is 6. The summed E-state index contributed by atoms with van der Waals surface area (Å²) >= 11 is 1.26. The van der Waals surface area contributed by atoms with E-state index < -0.39 is 11.4 Å². The van der Waals surface area contributed by atoms with Gasteiger partial charge < -0.3 is 25.6 Å². The molecule has 2 bridgehead atoms. The highest BCUT2D eigenvalue weighted by Crippen LogP contribution is 2.44. The smallest absolute Gasteiger partial charge is 0.303 e. The lowest BCUT2D eigenvalue weighted by Gasteiger charge is -2.27. The molecule has 5 atom stereocenters. The van der Waals surface area contributed by atoms with Crippen LogP contribution in [0.15, 0.2) is 12.2 Å². The van der Waals surface area contributed by atoms with Crippen LogP contribution < -0.4 is 10.6 Å². The summed E-state index contributed by atoms with van der Waals surface area (Å²) in [7, 11) is 0. The zero-order valence-electron chi connectivity index (χ0n) is 20.0. The molecule has 2 heterocycles. The van der Waals surface area contributed by atoms with Gasteiger partial charge in [-0.15, -0.1) is 11.8 Å². The summed E-state index contributed by atoms with van der Waals surface area (Å²) in [5.74, 6) is -0.179. The molecule has 2 amide bonds. The minimum atomic E-state index is -0.766.